The third-order valence-electron chi connectivity index (χ3n) is 3.57. The third-order valence-corrected chi connectivity index (χ3v) is 3.89. The van der Waals surface area contributed by atoms with Crippen LogP contribution >= 0.6 is 11.6 Å². The number of pyridine rings is 1. The molecule has 0 radical (unpaired) electrons. The van der Waals surface area contributed by atoms with Gasteiger partial charge >= 0.3 is 0 Å². The van der Waals surface area contributed by atoms with Crippen LogP contribution in [0, 0.1) is 6.92 Å². The van der Waals surface area contributed by atoms with Gasteiger partial charge in [-0.15, -0.1) is 0 Å². The number of hydrogen-bond acceptors (Lipinski definition) is 3. The Bertz CT molecular complexity index is 872. The first-order valence-corrected chi connectivity index (χ1v) is 7.87. The molecule has 5 nitrogen and oxygen atoms in total. The molecule has 0 bridgehead atoms. The summed E-state index contributed by atoms with van der Waals surface area (Å²) in [6.07, 6.45) is 2.60. The van der Waals surface area contributed by atoms with Crippen molar-refractivity contribution in [2.45, 2.75) is 20.3 Å². The van der Waals surface area contributed by atoms with Gasteiger partial charge < -0.3 is 5.32 Å². The molecule has 0 atom stereocenters. The van der Waals surface area contributed by atoms with Crippen molar-refractivity contribution in [1.82, 2.24) is 19.9 Å². The number of carbonyl (C=O) groups is 1. The summed E-state index contributed by atoms with van der Waals surface area (Å²) in [5.74, 6) is 0.659. The summed E-state index contributed by atoms with van der Waals surface area (Å²) in [6, 6.07) is 8.97. The molecule has 1 aromatic carbocycles. The number of hydrogen-bond donors (Lipinski definition) is 1. The Morgan fingerprint density at radius 3 is 2.96 bits per heavy atom. The first kappa shape index (κ1) is 15.5. The van der Waals surface area contributed by atoms with E-state index in [9.17, 15) is 4.79 Å². The lowest BCUT2D eigenvalue weighted by molar-refractivity contribution is 0.0953. The average molecular weight is 329 g/mol. The Balaban J connectivity index is 2.11. The van der Waals surface area contributed by atoms with Gasteiger partial charge in [-0.3, -0.25) is 9.36 Å². The monoisotopic (exact) mass is 328 g/mol. The summed E-state index contributed by atoms with van der Waals surface area (Å²) in [6.45, 7) is 4.55. The lowest BCUT2D eigenvalue weighted by Crippen LogP contribution is -2.24. The topological polar surface area (TPSA) is 59.8 Å². The molecule has 0 saturated heterocycles. The Hall–Kier alpha value is -2.40. The first-order chi connectivity index (χ1) is 11.1. The number of halogens is 1. The molecule has 118 valence electrons. The van der Waals surface area contributed by atoms with E-state index in [4.69, 9.17) is 11.6 Å². The Morgan fingerprint density at radius 1 is 1.35 bits per heavy atom. The fourth-order valence-corrected chi connectivity index (χ4v) is 2.68. The van der Waals surface area contributed by atoms with Crippen LogP contribution in [0.3, 0.4) is 0 Å². The van der Waals surface area contributed by atoms with E-state index >= 15 is 0 Å². The van der Waals surface area contributed by atoms with E-state index in [0.717, 1.165) is 23.4 Å². The van der Waals surface area contributed by atoms with Crippen molar-refractivity contribution in [3.05, 3.63) is 52.9 Å². The van der Waals surface area contributed by atoms with Crippen molar-refractivity contribution >= 4 is 28.7 Å². The molecule has 0 aliphatic rings. The zero-order valence-corrected chi connectivity index (χ0v) is 13.8. The SMILES string of the molecule is CCCNC(=O)c1ccc(Cl)c(-n2c(C)nc3cccnc32)c1. The van der Waals surface area contributed by atoms with Crippen LogP contribution in [-0.2, 0) is 0 Å². The highest BCUT2D eigenvalue weighted by Crippen LogP contribution is 2.26. The summed E-state index contributed by atoms with van der Waals surface area (Å²) in [7, 11) is 0. The quantitative estimate of drug-likeness (QED) is 0.797. The Kier molecular flexibility index (Phi) is 4.30. The van der Waals surface area contributed by atoms with Crippen LogP contribution in [0.1, 0.15) is 29.5 Å². The van der Waals surface area contributed by atoms with Crippen molar-refractivity contribution in [2.24, 2.45) is 0 Å². The standard InChI is InChI=1S/C17H17ClN4O/c1-3-8-20-17(23)12-6-7-13(18)15(10-12)22-11(2)21-14-5-4-9-19-16(14)22/h4-7,9-10H,3,8H2,1-2H3,(H,20,23). The molecular formula is C17H17ClN4O. The van der Waals surface area contributed by atoms with Gasteiger partial charge in [-0.1, -0.05) is 18.5 Å². The summed E-state index contributed by atoms with van der Waals surface area (Å²) >= 11 is 6.36. The second-order valence-electron chi connectivity index (χ2n) is 5.26. The fraction of sp³-hybridized carbons (Fsp3) is 0.235. The summed E-state index contributed by atoms with van der Waals surface area (Å²) in [4.78, 5) is 21.1. The molecule has 3 rings (SSSR count). The van der Waals surface area contributed by atoms with Gasteiger partial charge in [0, 0.05) is 18.3 Å². The number of nitrogens with zero attached hydrogens (tertiary/aromatic N) is 3. The molecule has 0 spiro atoms. The second kappa shape index (κ2) is 6.38. The predicted molar refractivity (Wildman–Crippen MR) is 91.2 cm³/mol. The smallest absolute Gasteiger partial charge is 0.251 e. The first-order valence-electron chi connectivity index (χ1n) is 7.50. The van der Waals surface area contributed by atoms with Gasteiger partial charge in [0.1, 0.15) is 11.3 Å². The minimum Gasteiger partial charge on any atom is -0.352 e. The van der Waals surface area contributed by atoms with Crippen LogP contribution in [0.5, 0.6) is 0 Å². The molecular weight excluding hydrogens is 312 g/mol. The zero-order chi connectivity index (χ0) is 16.4. The van der Waals surface area contributed by atoms with Gasteiger partial charge in [-0.25, -0.2) is 9.97 Å². The Labute approximate surface area is 139 Å². The van der Waals surface area contributed by atoms with Crippen LogP contribution in [0.2, 0.25) is 5.02 Å². The maximum Gasteiger partial charge on any atom is 0.251 e. The van der Waals surface area contributed by atoms with E-state index in [-0.39, 0.29) is 5.91 Å². The van der Waals surface area contributed by atoms with Crippen molar-refractivity contribution in [3.8, 4) is 5.69 Å². The molecule has 0 saturated carbocycles. The van der Waals surface area contributed by atoms with E-state index in [2.05, 4.69) is 15.3 Å². The molecule has 0 aliphatic carbocycles. The molecule has 0 aliphatic heterocycles. The second-order valence-corrected chi connectivity index (χ2v) is 5.67. The van der Waals surface area contributed by atoms with Crippen molar-refractivity contribution < 1.29 is 4.79 Å². The van der Waals surface area contributed by atoms with Crippen LogP contribution in [0.15, 0.2) is 36.5 Å². The number of aromatic nitrogens is 3. The van der Waals surface area contributed by atoms with Gasteiger partial charge in [0.2, 0.25) is 0 Å². The molecule has 2 heterocycles. The van der Waals surface area contributed by atoms with Crippen LogP contribution in [-0.4, -0.2) is 27.0 Å². The van der Waals surface area contributed by atoms with E-state index in [1.165, 1.54) is 0 Å². The van der Waals surface area contributed by atoms with E-state index in [1.807, 2.05) is 30.5 Å². The summed E-state index contributed by atoms with van der Waals surface area (Å²) < 4.78 is 1.87. The van der Waals surface area contributed by atoms with Gasteiger partial charge in [0.05, 0.1) is 10.7 Å². The molecule has 1 amide bonds. The number of fused-ring (bicyclic) bond motifs is 1. The highest BCUT2D eigenvalue weighted by molar-refractivity contribution is 6.32. The number of aryl methyl sites for hydroxylation is 1. The van der Waals surface area contributed by atoms with Crippen molar-refractivity contribution in [3.63, 3.8) is 0 Å². The van der Waals surface area contributed by atoms with E-state index < -0.39 is 0 Å². The molecule has 2 aromatic heterocycles. The highest BCUT2D eigenvalue weighted by atomic mass is 35.5. The molecule has 23 heavy (non-hydrogen) atoms. The van der Waals surface area contributed by atoms with Crippen LogP contribution in [0.25, 0.3) is 16.9 Å². The average Bonchev–Trinajstić information content (AvgIpc) is 2.89. The molecule has 6 heteroatoms. The predicted octanol–water partition coefficient (Wildman–Crippen LogP) is 3.52. The van der Waals surface area contributed by atoms with E-state index in [0.29, 0.717) is 22.8 Å². The minimum absolute atomic E-state index is 0.111. The van der Waals surface area contributed by atoms with Gasteiger partial charge in [-0.2, -0.15) is 0 Å². The largest absolute Gasteiger partial charge is 0.352 e. The molecule has 0 fully saturated rings. The van der Waals surface area contributed by atoms with Gasteiger partial charge in [0.15, 0.2) is 5.65 Å². The van der Waals surface area contributed by atoms with Crippen molar-refractivity contribution in [1.29, 1.82) is 0 Å². The summed E-state index contributed by atoms with van der Waals surface area (Å²) in [5, 5.41) is 3.42. The van der Waals surface area contributed by atoms with Gasteiger partial charge in [0.25, 0.3) is 5.91 Å². The zero-order valence-electron chi connectivity index (χ0n) is 13.0. The van der Waals surface area contributed by atoms with Gasteiger partial charge in [-0.05, 0) is 43.7 Å². The maximum atomic E-state index is 12.2. The lowest BCUT2D eigenvalue weighted by atomic mass is 10.1. The number of benzene rings is 1. The highest BCUT2D eigenvalue weighted by Gasteiger charge is 2.15. The fourth-order valence-electron chi connectivity index (χ4n) is 2.48. The van der Waals surface area contributed by atoms with Crippen molar-refractivity contribution in [2.75, 3.05) is 6.54 Å². The summed E-state index contributed by atoms with van der Waals surface area (Å²) in [5.41, 5.74) is 2.78. The number of imidazole rings is 1. The Morgan fingerprint density at radius 2 is 2.17 bits per heavy atom. The molecule has 1 N–H and O–H groups in total. The number of amides is 1. The van der Waals surface area contributed by atoms with Crippen LogP contribution < -0.4 is 5.32 Å². The number of carbonyl (C=O) groups excluding carboxylic acids is 1. The third kappa shape index (κ3) is 2.92. The van der Waals surface area contributed by atoms with E-state index in [1.54, 1.807) is 24.4 Å². The number of rotatable bonds is 4. The molecule has 3 aromatic rings. The van der Waals surface area contributed by atoms with Crippen LogP contribution in [0.4, 0.5) is 0 Å². The minimum atomic E-state index is -0.111. The number of nitrogens with one attached hydrogen (secondary N) is 1. The lowest BCUT2D eigenvalue weighted by Gasteiger charge is -2.11. The normalized spacial score (nSPS) is 10.9. The maximum absolute atomic E-state index is 12.2. The molecule has 0 unspecified atom stereocenters.